The van der Waals surface area contributed by atoms with Crippen LogP contribution in [-0.4, -0.2) is 140 Å². The number of aliphatic carboxylic acids is 1. The average molecular weight is 543 g/mol. The van der Waals surface area contributed by atoms with Gasteiger partial charge in [-0.05, 0) is 25.7 Å². The Labute approximate surface area is 229 Å². The third kappa shape index (κ3) is 6.54. The summed E-state index contributed by atoms with van der Waals surface area (Å²) in [5.41, 5.74) is -1.97. The van der Waals surface area contributed by atoms with E-state index in [2.05, 4.69) is 47.3 Å². The van der Waals surface area contributed by atoms with Gasteiger partial charge in [-0.15, -0.1) is 0 Å². The molecule has 10 nitrogen and oxygen atoms in total. The minimum atomic E-state index is -1.11. The lowest BCUT2D eigenvalue weighted by Gasteiger charge is -2.43. The van der Waals surface area contributed by atoms with Crippen LogP contribution in [0.2, 0.25) is 0 Å². The van der Waals surface area contributed by atoms with E-state index in [0.717, 1.165) is 51.9 Å². The Hall–Kier alpha value is -0.850. The minimum absolute atomic E-state index is 0.0109. The molecule has 0 spiro atoms. The van der Waals surface area contributed by atoms with Gasteiger partial charge in [0.2, 0.25) is 5.66 Å². The third-order valence-corrected chi connectivity index (χ3v) is 8.95. The molecule has 0 radical (unpaired) electrons. The zero-order valence-corrected chi connectivity index (χ0v) is 24.1. The molecule has 5 N–H and O–H groups in total. The smallest absolute Gasteiger partial charge is 0.342 e. The molecule has 0 saturated carbocycles. The van der Waals surface area contributed by atoms with Crippen molar-refractivity contribution in [1.82, 2.24) is 19.6 Å². The first-order chi connectivity index (χ1) is 18.3. The van der Waals surface area contributed by atoms with Crippen LogP contribution in [0.3, 0.4) is 0 Å². The normalized spacial score (nSPS) is 35.5. The molecule has 4 rings (SSSR count). The predicted octanol–water partition coefficient (Wildman–Crippen LogP) is 0.973. The number of rotatable bonds is 18. The maximum absolute atomic E-state index is 13.2. The molecule has 0 aromatic carbocycles. The lowest BCUT2D eigenvalue weighted by atomic mass is 9.93. The molecule has 0 bridgehead atoms. The summed E-state index contributed by atoms with van der Waals surface area (Å²) in [6.45, 7) is 11.3. The van der Waals surface area contributed by atoms with E-state index in [-0.39, 0.29) is 6.17 Å². The van der Waals surface area contributed by atoms with Gasteiger partial charge in [-0.1, -0.05) is 53.4 Å². The molecule has 8 atom stereocenters. The molecule has 38 heavy (non-hydrogen) atoms. The number of aliphatic hydroxyl groups excluding tert-OH is 4. The van der Waals surface area contributed by atoms with Crippen molar-refractivity contribution < 1.29 is 30.3 Å². The summed E-state index contributed by atoms with van der Waals surface area (Å²) in [5.74, 6) is -0.607. The lowest BCUT2D eigenvalue weighted by molar-refractivity contribution is -0.165. The van der Waals surface area contributed by atoms with Gasteiger partial charge in [-0.25, -0.2) is 4.79 Å². The topological polar surface area (TPSA) is 130 Å². The van der Waals surface area contributed by atoms with Crippen molar-refractivity contribution in [3.05, 3.63) is 0 Å². The Morgan fingerprint density at radius 1 is 0.658 bits per heavy atom. The van der Waals surface area contributed by atoms with E-state index in [1.165, 1.54) is 25.7 Å². The number of carboxylic acid groups (broad SMARTS) is 1. The zero-order valence-electron chi connectivity index (χ0n) is 24.1. The van der Waals surface area contributed by atoms with Gasteiger partial charge in [0.05, 0.1) is 31.8 Å². The van der Waals surface area contributed by atoms with Crippen LogP contribution in [0, 0.1) is 5.41 Å². The van der Waals surface area contributed by atoms with Gasteiger partial charge in [0.1, 0.15) is 6.17 Å². The summed E-state index contributed by atoms with van der Waals surface area (Å²) in [6, 6.07) is 2.02. The van der Waals surface area contributed by atoms with E-state index < -0.39 is 43.5 Å². The van der Waals surface area contributed by atoms with Gasteiger partial charge >= 0.3 is 5.97 Å². The van der Waals surface area contributed by atoms with E-state index in [9.17, 15) is 9.90 Å². The molecule has 222 valence electrons. The fourth-order valence-corrected chi connectivity index (χ4v) is 6.30. The van der Waals surface area contributed by atoms with Gasteiger partial charge in [-0.2, -0.15) is 0 Å². The maximum Gasteiger partial charge on any atom is 0.342 e. The number of carboxylic acids is 1. The van der Waals surface area contributed by atoms with Crippen LogP contribution in [0.4, 0.5) is 0 Å². The van der Waals surface area contributed by atoms with Gasteiger partial charge in [0.15, 0.2) is 0 Å². The van der Waals surface area contributed by atoms with Crippen molar-refractivity contribution in [1.29, 1.82) is 0 Å². The van der Waals surface area contributed by atoms with Crippen LogP contribution >= 0.6 is 0 Å². The van der Waals surface area contributed by atoms with Gasteiger partial charge in [0, 0.05) is 50.3 Å². The molecule has 0 aliphatic carbocycles. The fourth-order valence-electron chi connectivity index (χ4n) is 6.30. The maximum atomic E-state index is 13.2. The average Bonchev–Trinajstić information content (AvgIpc) is 3.70. The molecule has 4 aliphatic heterocycles. The molecule has 4 saturated heterocycles. The van der Waals surface area contributed by atoms with Crippen molar-refractivity contribution in [3.63, 3.8) is 0 Å². The van der Waals surface area contributed by atoms with Crippen molar-refractivity contribution in [2.75, 3.05) is 52.6 Å². The largest absolute Gasteiger partial charge is 0.479 e. The standard InChI is InChI=1S/C23H42N4O2.C5H12O4/c1-5-9-17-13-24(17)21(25-14-18(25)10-6-2)23(22(28)29,26-15-19(26)11-7-3)27-16-20(27)12-8-4;6-1-5(2-7,3-8)4-9/h17-21H,5-16H2,1-4H3,(H,28,29);6-9H,1-4H2. The third-order valence-electron chi connectivity index (χ3n) is 8.95. The first-order valence-electron chi connectivity index (χ1n) is 15.0. The Balaban J connectivity index is 0.000000383. The Morgan fingerprint density at radius 3 is 1.26 bits per heavy atom. The van der Waals surface area contributed by atoms with E-state index >= 15 is 0 Å². The number of aliphatic hydroxyl groups is 4. The second-order valence-corrected chi connectivity index (χ2v) is 12.0. The highest BCUT2D eigenvalue weighted by molar-refractivity contribution is 5.81. The fraction of sp³-hybridized carbons (Fsp3) is 0.964. The second-order valence-electron chi connectivity index (χ2n) is 12.0. The van der Waals surface area contributed by atoms with E-state index in [4.69, 9.17) is 20.4 Å². The first-order valence-corrected chi connectivity index (χ1v) is 15.0. The summed E-state index contributed by atoms with van der Waals surface area (Å²) in [4.78, 5) is 23.0. The molecule has 4 aliphatic rings. The van der Waals surface area contributed by atoms with Crippen LogP contribution in [0.25, 0.3) is 0 Å². The SMILES string of the molecule is CCCC1CN1C(N1CC1CCC)C(C(=O)O)(N1CC1CCC)N1CC1CCC.OCC(CO)(CO)CO. The van der Waals surface area contributed by atoms with E-state index in [1.807, 2.05) is 0 Å². The summed E-state index contributed by atoms with van der Waals surface area (Å²) in [5, 5.41) is 44.8. The monoisotopic (exact) mass is 542 g/mol. The van der Waals surface area contributed by atoms with Crippen molar-refractivity contribution >= 4 is 5.97 Å². The number of hydrogen-bond donors (Lipinski definition) is 5. The van der Waals surface area contributed by atoms with Crippen LogP contribution in [0.5, 0.6) is 0 Å². The Morgan fingerprint density at radius 2 is 1.00 bits per heavy atom. The van der Waals surface area contributed by atoms with Crippen LogP contribution in [-0.2, 0) is 4.79 Å². The summed E-state index contributed by atoms with van der Waals surface area (Å²) in [7, 11) is 0. The van der Waals surface area contributed by atoms with Crippen molar-refractivity contribution in [3.8, 4) is 0 Å². The van der Waals surface area contributed by atoms with E-state index in [1.54, 1.807) is 0 Å². The quantitative estimate of drug-likeness (QED) is 0.160. The van der Waals surface area contributed by atoms with Crippen LogP contribution in [0.1, 0.15) is 79.1 Å². The predicted molar refractivity (Wildman–Crippen MR) is 147 cm³/mol. The molecular weight excluding hydrogens is 488 g/mol. The van der Waals surface area contributed by atoms with E-state index in [0.29, 0.717) is 24.2 Å². The number of hydrogen-bond acceptors (Lipinski definition) is 9. The summed E-state index contributed by atoms with van der Waals surface area (Å²) < 4.78 is 0. The molecular formula is C28H54N4O6. The molecule has 10 heteroatoms. The van der Waals surface area contributed by atoms with Gasteiger partial charge < -0.3 is 25.5 Å². The number of nitrogens with zero attached hydrogens (tertiary/aromatic N) is 4. The van der Waals surface area contributed by atoms with Crippen molar-refractivity contribution in [2.45, 2.75) is 115 Å². The van der Waals surface area contributed by atoms with Crippen LogP contribution in [0.15, 0.2) is 0 Å². The zero-order chi connectivity index (χ0) is 28.1. The summed E-state index contributed by atoms with van der Waals surface area (Å²) in [6.07, 6.45) is 9.24. The highest BCUT2D eigenvalue weighted by Crippen LogP contribution is 2.51. The molecule has 0 aromatic heterocycles. The Kier molecular flexibility index (Phi) is 11.4. The summed E-state index contributed by atoms with van der Waals surface area (Å²) >= 11 is 0. The van der Waals surface area contributed by atoms with Gasteiger partial charge in [-0.3, -0.25) is 19.6 Å². The minimum Gasteiger partial charge on any atom is -0.479 e. The molecule has 0 amide bonds. The van der Waals surface area contributed by atoms with Crippen LogP contribution < -0.4 is 0 Å². The number of carbonyl (C=O) groups is 1. The van der Waals surface area contributed by atoms with Crippen molar-refractivity contribution in [2.24, 2.45) is 5.41 Å². The highest BCUT2D eigenvalue weighted by atomic mass is 16.4. The first kappa shape index (κ1) is 31.7. The molecule has 8 unspecified atom stereocenters. The highest BCUT2D eigenvalue weighted by Gasteiger charge is 2.72. The Bertz CT molecular complexity index is 695. The second kappa shape index (κ2) is 13.7. The molecule has 0 aromatic rings. The van der Waals surface area contributed by atoms with Gasteiger partial charge in [0.25, 0.3) is 0 Å². The molecule has 4 heterocycles. The molecule has 4 fully saturated rings. The lowest BCUT2D eigenvalue weighted by Crippen LogP contribution is -2.67.